The van der Waals surface area contributed by atoms with E-state index in [0.29, 0.717) is 64.2 Å². The van der Waals surface area contributed by atoms with Gasteiger partial charge in [0, 0.05) is 125 Å². The van der Waals surface area contributed by atoms with Crippen molar-refractivity contribution in [1.29, 1.82) is 0 Å². The Bertz CT molecular complexity index is 5480. The van der Waals surface area contributed by atoms with Crippen LogP contribution in [0.4, 0.5) is 5.95 Å². The molecule has 0 aliphatic carbocycles. The number of carboxylic acid groups (broad SMARTS) is 1. The van der Waals surface area contributed by atoms with Crippen molar-refractivity contribution in [3.8, 4) is 11.6 Å². The number of anilines is 1. The van der Waals surface area contributed by atoms with E-state index in [0.717, 1.165) is 36.3 Å². The number of thioether (sulfide) groups is 1. The van der Waals surface area contributed by atoms with Crippen LogP contribution in [0.5, 0.6) is 11.6 Å². The average molecular weight is 1980 g/mol. The zero-order valence-electron chi connectivity index (χ0n) is 81.1. The molecule has 17 amide bonds. The molecular formula is C95H133N23O22S. The Morgan fingerprint density at radius 2 is 1.16 bits per heavy atom. The number of nitrogens with one attached hydrogen (secondary N) is 12. The minimum absolute atomic E-state index is 0.00588. The summed E-state index contributed by atoms with van der Waals surface area (Å²) in [6, 6.07) is -1.37. The number of benzene rings is 3. The second kappa shape index (κ2) is 52.3. The Kier molecular flexibility index (Phi) is 41.0. The van der Waals surface area contributed by atoms with Crippen molar-refractivity contribution in [3.63, 3.8) is 0 Å². The van der Waals surface area contributed by atoms with Gasteiger partial charge in [0.25, 0.3) is 0 Å². The van der Waals surface area contributed by atoms with Gasteiger partial charge < -0.3 is 130 Å². The van der Waals surface area contributed by atoms with Gasteiger partial charge >= 0.3 is 5.97 Å². The molecule has 6 aromatic rings. The summed E-state index contributed by atoms with van der Waals surface area (Å²) in [5.41, 5.74) is 19.9. The molecule has 21 N–H and O–H groups in total. The molecule has 0 radical (unpaired) electrons. The molecule has 9 rings (SSSR count). The van der Waals surface area contributed by atoms with Gasteiger partial charge in [0.15, 0.2) is 0 Å². The number of methoxy groups -OCH3 is 1. The zero-order valence-corrected chi connectivity index (χ0v) is 81.9. The number of aliphatic hydroxyl groups is 1. The SMILES string of the molecule is CCCC[C@H]1C(=O)N(C)[C@@H](CCCC)C(=O)N[C@@H](CC(C)C)C(=O)N[C@H](C(=O)NCC(N)=O)CSCC(=O)N[C@@H](Cc2ccc(O)cc2)C(=O)N(C)[C@@H](C)C(=O)N[C@@H](CC(N)=O)C(=O)N2CCCC2C(=O)N[C@@H](CNc2nccc(OC)n2)C(=O)N[C@@H](CC(C)C)C(=O)N2C[C@H](O)CC2C(=O)N[C@@H](Cc2c[nH]c3ccccc23)C(=O)N[C@@H](CN)C(=O)N[C@@H](Cc2cn(CC(=O)O)c3ccccc23)C(=O)N1C. The molecule has 0 bridgehead atoms. The number of aliphatic hydroxyl groups excluding tert-OH is 1. The summed E-state index contributed by atoms with van der Waals surface area (Å²) >= 11 is 0.779. The highest BCUT2D eigenvalue weighted by Gasteiger charge is 2.47. The molecule has 2 unspecified atom stereocenters. The molecule has 45 nitrogen and oxygen atoms in total. The maximum absolute atomic E-state index is 16.0. The van der Waals surface area contributed by atoms with Gasteiger partial charge in [-0.25, -0.2) is 4.98 Å². The Labute approximate surface area is 820 Å². The summed E-state index contributed by atoms with van der Waals surface area (Å²) < 4.78 is 6.73. The van der Waals surface area contributed by atoms with Gasteiger partial charge in [-0.1, -0.05) is 116 Å². The number of unbranched alkanes of at least 4 members (excludes halogenated alkanes) is 2. The van der Waals surface area contributed by atoms with Crippen molar-refractivity contribution < 1.29 is 106 Å². The first-order chi connectivity index (χ1) is 67.0. The van der Waals surface area contributed by atoms with Crippen molar-refractivity contribution in [2.75, 3.05) is 77.8 Å². The summed E-state index contributed by atoms with van der Waals surface area (Å²) in [6.07, 6.45) is 2.24. The van der Waals surface area contributed by atoms with Crippen LogP contribution in [0.2, 0.25) is 0 Å². The Balaban J connectivity index is 1.12. The molecule has 0 spiro atoms. The number of amides is 17. The molecule has 46 heteroatoms. The first-order valence-electron chi connectivity index (χ1n) is 47.2. The fourth-order valence-electron chi connectivity index (χ4n) is 17.3. The number of primary amides is 2. The standard InChI is InChI=1S/C95H133N23O22S/c1-12-14-24-72-87(132)104-62(35-51(3)4)83(128)111-70(82(127)101-45-77(98)122)49-141-50-78(123)103-65(37-54-28-30-57(119)31-29-54)90(135)113(8)53(7)81(126)106-67(41-76(97)121)92(137)117-34-20-27-73(117)88(133)110-69(44-102-95-99-33-32-79(112-95)140-11)86(131)107-64(36-52(5)6)93(138)118-47-58(120)40-75(118)89(134)105-63(38-55-43-100-61-23-18-16-21-59(55)61)84(129)109-68(42-96)85(130)108-66(91(136)115(10)74(25-15-13-2)94(139)114(72)9)39-56-46-116(48-80(124)125)71-26-19-17-22-60(56)71/h16-19,21-23,26,28-33,43,46,51-53,58,62-70,72-75,100,119-120H,12-15,20,24-25,27,34-42,44-45,47-50,96H2,1-11H3,(H2,97,121)(H2,98,122)(H,101,127)(H,103,123)(H,104,132)(H,105,134)(H,106,126)(H,107,131)(H,108,130)(H,109,129)(H,110,133)(H,111,128)(H,124,125)(H,99,102,112)/t53-,58+,62-,63-,64-,65-,66-,67-,68-,69-,70-,72-,73?,74-,75?/m0/s1. The molecule has 15 atom stereocenters. The van der Waals surface area contributed by atoms with Crippen LogP contribution < -0.4 is 80.4 Å². The number of aromatic nitrogens is 4. The molecule has 3 fully saturated rings. The lowest BCUT2D eigenvalue weighted by molar-refractivity contribution is -0.149. The smallest absolute Gasteiger partial charge is 0.323 e. The highest BCUT2D eigenvalue weighted by molar-refractivity contribution is 8.00. The molecular weight excluding hydrogens is 1850 g/mol. The van der Waals surface area contributed by atoms with Crippen LogP contribution >= 0.6 is 11.8 Å². The van der Waals surface area contributed by atoms with Crippen LogP contribution in [0, 0.1) is 11.8 Å². The highest BCUT2D eigenvalue weighted by Crippen LogP contribution is 2.29. The molecule has 766 valence electrons. The minimum atomic E-state index is -1.81. The van der Waals surface area contributed by atoms with Crippen molar-refractivity contribution >= 4 is 146 Å². The number of rotatable bonds is 28. The molecule has 3 aromatic carbocycles. The number of aliphatic carboxylic acids is 1. The molecule has 3 aromatic heterocycles. The minimum Gasteiger partial charge on any atom is -0.508 e. The molecule has 3 aliphatic rings. The summed E-state index contributed by atoms with van der Waals surface area (Å²) in [7, 11) is 5.23. The van der Waals surface area contributed by atoms with E-state index in [2.05, 4.69) is 73.4 Å². The van der Waals surface area contributed by atoms with Crippen molar-refractivity contribution in [2.24, 2.45) is 29.0 Å². The fourth-order valence-corrected chi connectivity index (χ4v) is 18.2. The van der Waals surface area contributed by atoms with Crippen molar-refractivity contribution in [3.05, 3.63) is 114 Å². The third kappa shape index (κ3) is 30.7. The Morgan fingerprint density at radius 1 is 0.589 bits per heavy atom. The Morgan fingerprint density at radius 3 is 1.82 bits per heavy atom. The number of para-hydroxylation sites is 2. The van der Waals surface area contributed by atoms with Crippen LogP contribution in [0.1, 0.15) is 142 Å². The van der Waals surface area contributed by atoms with E-state index in [1.54, 1.807) is 82.4 Å². The number of aromatic hydroxyl groups is 1. The van der Waals surface area contributed by atoms with Gasteiger partial charge in [-0.15, -0.1) is 11.8 Å². The van der Waals surface area contributed by atoms with E-state index in [1.165, 1.54) is 82.5 Å². The molecule has 6 heterocycles. The predicted molar refractivity (Wildman–Crippen MR) is 518 cm³/mol. The average Bonchev–Trinajstić information content (AvgIpc) is 1.68. The van der Waals surface area contributed by atoms with E-state index in [9.17, 15) is 53.7 Å². The number of fused-ring (bicyclic) bond motifs is 4. The molecule has 0 saturated carbocycles. The van der Waals surface area contributed by atoms with E-state index in [1.807, 2.05) is 13.8 Å². The number of aromatic amines is 1. The van der Waals surface area contributed by atoms with Gasteiger partial charge in [-0.3, -0.25) is 86.3 Å². The van der Waals surface area contributed by atoms with Gasteiger partial charge in [0.2, 0.25) is 112 Å². The number of H-pyrrole nitrogens is 1. The first-order valence-corrected chi connectivity index (χ1v) is 48.3. The number of hydrogen-bond donors (Lipinski definition) is 18. The summed E-state index contributed by atoms with van der Waals surface area (Å²) in [5.74, 6) is -19.3. The molecule has 3 saturated heterocycles. The van der Waals surface area contributed by atoms with Gasteiger partial charge in [0.1, 0.15) is 96.9 Å². The molecule has 3 aliphatic heterocycles. The zero-order chi connectivity index (χ0) is 103. The number of nitrogens with zero attached hydrogens (tertiary/aromatic N) is 8. The number of carbonyl (C=O) groups is 18. The van der Waals surface area contributed by atoms with Gasteiger partial charge in [-0.05, 0) is 98.2 Å². The largest absolute Gasteiger partial charge is 0.508 e. The highest BCUT2D eigenvalue weighted by atomic mass is 32.2. The second-order valence-electron chi connectivity index (χ2n) is 36.5. The van der Waals surface area contributed by atoms with E-state index < -0.39 is 266 Å². The summed E-state index contributed by atoms with van der Waals surface area (Å²) in [5, 5.41) is 62.6. The lowest BCUT2D eigenvalue weighted by Gasteiger charge is -2.36. The van der Waals surface area contributed by atoms with E-state index >= 15 is 47.9 Å². The second-order valence-corrected chi connectivity index (χ2v) is 37.6. The van der Waals surface area contributed by atoms with Crippen LogP contribution in [0.3, 0.4) is 0 Å². The van der Waals surface area contributed by atoms with Gasteiger partial charge in [0.05, 0.1) is 31.9 Å². The van der Waals surface area contributed by atoms with Crippen LogP contribution in [-0.4, -0.2) is 329 Å². The number of ether oxygens (including phenoxy) is 1. The van der Waals surface area contributed by atoms with E-state index in [-0.39, 0.29) is 81.4 Å². The number of phenolic OH excluding ortho intramolecular Hbond substituents is 1. The number of phenols is 1. The quantitative estimate of drug-likeness (QED) is 0.0261. The topological polar surface area (TPSA) is 650 Å². The third-order valence-electron chi connectivity index (χ3n) is 24.9. The molecule has 141 heavy (non-hydrogen) atoms. The summed E-state index contributed by atoms with van der Waals surface area (Å²) in [4.78, 5) is 282. The number of nitrogens with two attached hydrogens (primary N) is 3. The number of carboxylic acids is 1. The van der Waals surface area contributed by atoms with Crippen molar-refractivity contribution in [2.45, 2.75) is 242 Å². The Hall–Kier alpha value is -14.1. The number of carbonyl (C=O) groups excluding carboxylic acids is 17. The number of hydrogen-bond acceptors (Lipinski definition) is 26. The van der Waals surface area contributed by atoms with E-state index in [4.69, 9.17) is 21.9 Å². The first kappa shape index (κ1) is 111. The van der Waals surface area contributed by atoms with Crippen LogP contribution in [0.25, 0.3) is 21.8 Å². The van der Waals surface area contributed by atoms with Gasteiger partial charge in [-0.2, -0.15) is 4.98 Å². The lowest BCUT2D eigenvalue weighted by atomic mass is 9.99. The fraction of sp³-hybridized carbons (Fsp3) is 0.537. The van der Waals surface area contributed by atoms with Crippen LogP contribution in [-0.2, 0) is 112 Å². The lowest BCUT2D eigenvalue weighted by Crippen LogP contribution is -2.62. The van der Waals surface area contributed by atoms with Crippen LogP contribution in [0.15, 0.2) is 97.5 Å². The maximum Gasteiger partial charge on any atom is 0.323 e. The third-order valence-corrected chi connectivity index (χ3v) is 26.0. The predicted octanol–water partition coefficient (Wildman–Crippen LogP) is -1.68. The number of likely N-dealkylation sites (N-methyl/N-ethyl adjacent to an activating group) is 3. The van der Waals surface area contributed by atoms with Crippen molar-refractivity contribution in [1.82, 2.24) is 97.2 Å². The normalized spacial score (nSPS) is 24.2. The monoisotopic (exact) mass is 1980 g/mol. The maximum atomic E-state index is 16.0. The summed E-state index contributed by atoms with van der Waals surface area (Å²) in [6.45, 7) is 8.81.